The molecule has 0 aliphatic heterocycles. The van der Waals surface area contributed by atoms with E-state index in [9.17, 15) is 4.79 Å². The van der Waals surface area contributed by atoms with Gasteiger partial charge in [0.2, 0.25) is 0 Å². The van der Waals surface area contributed by atoms with Gasteiger partial charge in [0.05, 0.1) is 19.8 Å². The van der Waals surface area contributed by atoms with E-state index in [4.69, 9.17) is 18.9 Å². The summed E-state index contributed by atoms with van der Waals surface area (Å²) in [6.07, 6.45) is 0.970. The molecular formula is C13H27NO5. The number of esters is 1. The largest absolute Gasteiger partial charge is 0.464 e. The van der Waals surface area contributed by atoms with Gasteiger partial charge >= 0.3 is 5.97 Å². The molecule has 0 radical (unpaired) electrons. The Morgan fingerprint density at radius 2 is 1.68 bits per heavy atom. The lowest BCUT2D eigenvalue weighted by Crippen LogP contribution is -2.32. The van der Waals surface area contributed by atoms with Crippen molar-refractivity contribution in [2.75, 3.05) is 66.9 Å². The third-order valence-electron chi connectivity index (χ3n) is 2.51. The van der Waals surface area contributed by atoms with Crippen molar-refractivity contribution >= 4 is 5.97 Å². The molecule has 0 spiro atoms. The minimum absolute atomic E-state index is 0.0179. The highest BCUT2D eigenvalue weighted by molar-refractivity contribution is 5.70. The molecule has 0 fully saturated rings. The van der Waals surface area contributed by atoms with Crippen LogP contribution in [0.5, 0.6) is 0 Å². The van der Waals surface area contributed by atoms with Gasteiger partial charge in [-0.25, -0.2) is 4.79 Å². The maximum absolute atomic E-state index is 11.1. The smallest absolute Gasteiger partial charge is 0.332 e. The van der Waals surface area contributed by atoms with Crippen molar-refractivity contribution in [3.8, 4) is 0 Å². The first-order chi connectivity index (χ1) is 9.24. The first-order valence-electron chi connectivity index (χ1n) is 6.68. The predicted molar refractivity (Wildman–Crippen MR) is 72.3 cm³/mol. The number of rotatable bonds is 13. The van der Waals surface area contributed by atoms with Crippen LogP contribution in [0.1, 0.15) is 13.3 Å². The average Bonchev–Trinajstić information content (AvgIpc) is 2.40. The summed E-state index contributed by atoms with van der Waals surface area (Å²) in [5.74, 6) is -0.315. The van der Waals surface area contributed by atoms with Crippen molar-refractivity contribution in [1.29, 1.82) is 0 Å². The van der Waals surface area contributed by atoms with Crippen molar-refractivity contribution < 1.29 is 23.7 Å². The molecule has 0 aliphatic carbocycles. The van der Waals surface area contributed by atoms with Crippen molar-refractivity contribution in [2.45, 2.75) is 13.3 Å². The second kappa shape index (κ2) is 13.7. The Hall–Kier alpha value is -0.690. The zero-order valence-corrected chi connectivity index (χ0v) is 12.4. The van der Waals surface area contributed by atoms with Crippen LogP contribution >= 0.6 is 0 Å². The minimum Gasteiger partial charge on any atom is -0.464 e. The van der Waals surface area contributed by atoms with Gasteiger partial charge in [0.1, 0.15) is 6.61 Å². The molecule has 0 amide bonds. The summed E-state index contributed by atoms with van der Waals surface area (Å²) in [5, 5.41) is 0. The number of hydrogen-bond donors (Lipinski definition) is 0. The van der Waals surface area contributed by atoms with Crippen molar-refractivity contribution in [3.05, 3.63) is 0 Å². The number of carbonyl (C=O) groups is 1. The maximum Gasteiger partial charge on any atom is 0.332 e. The van der Waals surface area contributed by atoms with Crippen LogP contribution < -0.4 is 0 Å². The Morgan fingerprint density at radius 3 is 2.32 bits per heavy atom. The van der Waals surface area contributed by atoms with Crippen molar-refractivity contribution in [1.82, 2.24) is 4.90 Å². The van der Waals surface area contributed by atoms with E-state index in [0.29, 0.717) is 19.8 Å². The number of nitrogens with zero attached hydrogens (tertiary/aromatic N) is 1. The van der Waals surface area contributed by atoms with Crippen LogP contribution in [0.15, 0.2) is 0 Å². The maximum atomic E-state index is 11.1. The zero-order chi connectivity index (χ0) is 14.3. The first kappa shape index (κ1) is 18.3. The van der Waals surface area contributed by atoms with E-state index in [1.54, 1.807) is 21.1 Å². The molecule has 0 bridgehead atoms. The van der Waals surface area contributed by atoms with Gasteiger partial charge in [0.25, 0.3) is 0 Å². The lowest BCUT2D eigenvalue weighted by molar-refractivity contribution is -0.148. The lowest BCUT2D eigenvalue weighted by atomic mass is 10.4. The van der Waals surface area contributed by atoms with Crippen LogP contribution in [0.25, 0.3) is 0 Å². The molecule has 0 rings (SSSR count). The second-order valence-electron chi connectivity index (χ2n) is 4.04. The molecule has 0 heterocycles. The van der Waals surface area contributed by atoms with Gasteiger partial charge < -0.3 is 18.9 Å². The van der Waals surface area contributed by atoms with E-state index in [2.05, 4.69) is 4.90 Å². The molecular weight excluding hydrogens is 250 g/mol. The number of hydrogen-bond acceptors (Lipinski definition) is 6. The molecule has 0 atom stereocenters. The molecule has 6 nitrogen and oxygen atoms in total. The van der Waals surface area contributed by atoms with Gasteiger partial charge in [0.15, 0.2) is 0 Å². The molecule has 19 heavy (non-hydrogen) atoms. The van der Waals surface area contributed by atoms with Gasteiger partial charge in [-0.1, -0.05) is 0 Å². The number of ether oxygens (including phenoxy) is 4. The van der Waals surface area contributed by atoms with Crippen molar-refractivity contribution in [2.24, 2.45) is 0 Å². The van der Waals surface area contributed by atoms with Crippen LogP contribution in [0.3, 0.4) is 0 Å². The molecule has 0 saturated carbocycles. The Labute approximate surface area is 115 Å². The highest BCUT2D eigenvalue weighted by Gasteiger charge is 2.06. The highest BCUT2D eigenvalue weighted by Crippen LogP contribution is 1.93. The molecule has 6 heteroatoms. The predicted octanol–water partition coefficient (Wildman–Crippen LogP) is 0.551. The third kappa shape index (κ3) is 12.1. The van der Waals surface area contributed by atoms with Gasteiger partial charge in [-0.15, -0.1) is 0 Å². The van der Waals surface area contributed by atoms with Gasteiger partial charge in [-0.3, -0.25) is 4.90 Å². The van der Waals surface area contributed by atoms with E-state index < -0.39 is 0 Å². The summed E-state index contributed by atoms with van der Waals surface area (Å²) < 4.78 is 20.2. The highest BCUT2D eigenvalue weighted by atomic mass is 16.6. The van der Waals surface area contributed by atoms with E-state index >= 15 is 0 Å². The van der Waals surface area contributed by atoms with Crippen LogP contribution in [-0.4, -0.2) is 77.8 Å². The lowest BCUT2D eigenvalue weighted by Gasteiger charge is -2.21. The molecule has 114 valence electrons. The average molecular weight is 277 g/mol. The molecule has 0 saturated heterocycles. The zero-order valence-electron chi connectivity index (χ0n) is 12.4. The summed E-state index contributed by atoms with van der Waals surface area (Å²) in [7, 11) is 3.38. The summed E-state index contributed by atoms with van der Waals surface area (Å²) in [6, 6.07) is 0. The van der Waals surface area contributed by atoms with E-state index in [-0.39, 0.29) is 12.6 Å². The fraction of sp³-hybridized carbons (Fsp3) is 0.923. The molecule has 0 aromatic rings. The monoisotopic (exact) mass is 277 g/mol. The van der Waals surface area contributed by atoms with Gasteiger partial charge in [-0.2, -0.15) is 0 Å². The fourth-order valence-corrected chi connectivity index (χ4v) is 1.54. The number of carbonyl (C=O) groups excluding carboxylic acids is 1. The van der Waals surface area contributed by atoms with Crippen LogP contribution in [0, 0.1) is 0 Å². The van der Waals surface area contributed by atoms with Gasteiger partial charge in [-0.05, 0) is 13.3 Å². The van der Waals surface area contributed by atoms with Crippen LogP contribution in [0.4, 0.5) is 0 Å². The summed E-state index contributed by atoms with van der Waals surface area (Å²) in [4.78, 5) is 13.3. The van der Waals surface area contributed by atoms with E-state index in [0.717, 1.165) is 32.7 Å². The Balaban J connectivity index is 3.68. The van der Waals surface area contributed by atoms with E-state index in [1.807, 2.05) is 0 Å². The number of methoxy groups -OCH3 is 2. The SMILES string of the molecule is CCOC(=O)COCCN(CCCOC)CCOC. The molecule has 0 N–H and O–H groups in total. The van der Waals surface area contributed by atoms with E-state index in [1.165, 1.54) is 0 Å². The molecule has 0 aromatic carbocycles. The standard InChI is InChI=1S/C13H27NO5/c1-4-19-13(15)12-18-11-8-14(7-10-17-3)6-5-9-16-2/h4-12H2,1-3H3. The summed E-state index contributed by atoms with van der Waals surface area (Å²) in [6.45, 7) is 6.67. The van der Waals surface area contributed by atoms with Gasteiger partial charge in [0, 0.05) is 40.5 Å². The molecule has 0 aromatic heterocycles. The summed E-state index contributed by atoms with van der Waals surface area (Å²) >= 11 is 0. The normalized spacial score (nSPS) is 10.9. The topological polar surface area (TPSA) is 57.2 Å². The third-order valence-corrected chi connectivity index (χ3v) is 2.51. The Morgan fingerprint density at radius 1 is 1.00 bits per heavy atom. The second-order valence-corrected chi connectivity index (χ2v) is 4.04. The molecule has 0 unspecified atom stereocenters. The Bertz CT molecular complexity index is 213. The van der Waals surface area contributed by atoms with Crippen LogP contribution in [0.2, 0.25) is 0 Å². The quantitative estimate of drug-likeness (QED) is 0.362. The minimum atomic E-state index is -0.315. The van der Waals surface area contributed by atoms with Crippen LogP contribution in [-0.2, 0) is 23.7 Å². The Kier molecular flexibility index (Phi) is 13.2. The van der Waals surface area contributed by atoms with Crippen molar-refractivity contribution in [3.63, 3.8) is 0 Å². The summed E-state index contributed by atoms with van der Waals surface area (Å²) in [5.41, 5.74) is 0. The first-order valence-corrected chi connectivity index (χ1v) is 6.68. The fourth-order valence-electron chi connectivity index (χ4n) is 1.54. The molecule has 0 aliphatic rings.